The Labute approximate surface area is 115 Å². The zero-order valence-electron chi connectivity index (χ0n) is 6.99. The molecule has 1 rings (SSSR count). The van der Waals surface area contributed by atoms with Crippen molar-refractivity contribution in [2.24, 2.45) is 5.73 Å². The summed E-state index contributed by atoms with van der Waals surface area (Å²) in [5, 5.41) is -0.432. The van der Waals surface area contributed by atoms with Gasteiger partial charge in [-0.1, -0.05) is 18.2 Å². The Kier molecular flexibility index (Phi) is 5.71. The molecule has 0 unspecified atom stereocenters. The topological polar surface area (TPSA) is 83.6 Å². The van der Waals surface area contributed by atoms with Gasteiger partial charge in [-0.3, -0.25) is 4.55 Å². The molecule has 0 spiro atoms. The van der Waals surface area contributed by atoms with Crippen molar-refractivity contribution in [1.82, 2.24) is 0 Å². The van der Waals surface area contributed by atoms with E-state index in [-0.39, 0.29) is 35.2 Å². The average Bonchev–Trinajstić information content (AvgIpc) is 2.02. The summed E-state index contributed by atoms with van der Waals surface area (Å²) in [5.74, 6) is 0. The molecule has 15 heavy (non-hydrogen) atoms. The number of rotatable bonds is 2. The van der Waals surface area contributed by atoms with Crippen LogP contribution in [0.1, 0.15) is 0 Å². The van der Waals surface area contributed by atoms with E-state index in [1.54, 1.807) is 18.2 Å². The van der Waals surface area contributed by atoms with Crippen LogP contribution in [-0.4, -0.2) is 47.6 Å². The van der Waals surface area contributed by atoms with E-state index in [1.165, 1.54) is 12.1 Å². The molecule has 0 saturated heterocycles. The Morgan fingerprint density at radius 3 is 2.13 bits per heavy atom. The van der Waals surface area contributed by atoms with Crippen LogP contribution in [0.15, 0.2) is 30.3 Å². The first-order valence-electron chi connectivity index (χ1n) is 3.55. The Hall–Kier alpha value is -0.180. The summed E-state index contributed by atoms with van der Waals surface area (Å²) >= 11 is 4.51. The van der Waals surface area contributed by atoms with Gasteiger partial charge in [0.1, 0.15) is 0 Å². The second kappa shape index (κ2) is 5.78. The number of nitrogens with zero attached hydrogens (tertiary/aromatic N) is 1. The predicted molar refractivity (Wildman–Crippen MR) is 64.4 cm³/mol. The molecule has 0 radical (unpaired) electrons. The van der Waals surface area contributed by atoms with Crippen LogP contribution in [0.25, 0.3) is 0 Å². The third-order valence-corrected chi connectivity index (χ3v) is 2.59. The van der Waals surface area contributed by atoms with Crippen molar-refractivity contribution in [1.29, 1.82) is 0 Å². The van der Waals surface area contributed by atoms with Crippen LogP contribution in [-0.2, 0) is 10.3 Å². The first-order valence-corrected chi connectivity index (χ1v) is 5.35. The van der Waals surface area contributed by atoms with Gasteiger partial charge in [0.25, 0.3) is 0 Å². The van der Waals surface area contributed by atoms with Crippen molar-refractivity contribution in [3.05, 3.63) is 30.3 Å². The quantitative estimate of drug-likeness (QED) is 0.438. The van der Waals surface area contributed by atoms with Gasteiger partial charge in [0.15, 0.2) is 5.11 Å². The predicted octanol–water partition coefficient (Wildman–Crippen LogP) is -0.109. The number of para-hydroxylation sites is 1. The van der Waals surface area contributed by atoms with Gasteiger partial charge in [-0.15, -0.1) is 0 Å². The van der Waals surface area contributed by atoms with Gasteiger partial charge in [-0.05, 0) is 24.4 Å². The van der Waals surface area contributed by atoms with E-state index >= 15 is 0 Å². The van der Waals surface area contributed by atoms with E-state index in [0.717, 1.165) is 0 Å². The molecule has 0 atom stereocenters. The van der Waals surface area contributed by atoms with E-state index in [0.29, 0.717) is 4.31 Å². The van der Waals surface area contributed by atoms with Gasteiger partial charge in [0.05, 0.1) is 5.69 Å². The summed E-state index contributed by atoms with van der Waals surface area (Å²) in [6, 6.07) is 7.84. The molecule has 78 valence electrons. The minimum atomic E-state index is -4.45. The van der Waals surface area contributed by atoms with Crippen molar-refractivity contribution >= 4 is 62.9 Å². The normalized spacial score (nSPS) is 10.2. The third kappa shape index (κ3) is 4.06. The zero-order chi connectivity index (χ0) is 10.8. The summed E-state index contributed by atoms with van der Waals surface area (Å²) < 4.78 is 31.1. The van der Waals surface area contributed by atoms with E-state index in [4.69, 9.17) is 10.3 Å². The number of hydrogen-bond acceptors (Lipinski definition) is 3. The summed E-state index contributed by atoms with van der Waals surface area (Å²) in [5.41, 5.74) is 5.37. The number of hydrogen-bond donors (Lipinski definition) is 2. The molecular weight excluding hydrogens is 247 g/mol. The van der Waals surface area contributed by atoms with Crippen molar-refractivity contribution in [3.63, 3.8) is 0 Å². The number of thiocarbonyl (C=S) groups is 1. The summed E-state index contributed by atoms with van der Waals surface area (Å²) in [7, 11) is -4.45. The maximum atomic E-state index is 10.9. The Balaban J connectivity index is 0.00000196. The van der Waals surface area contributed by atoms with Crippen LogP contribution in [0.5, 0.6) is 0 Å². The van der Waals surface area contributed by atoms with Gasteiger partial charge in [-0.25, -0.2) is 0 Å². The number of nitrogens with two attached hydrogens (primary N) is 1. The van der Waals surface area contributed by atoms with Crippen molar-refractivity contribution in [2.45, 2.75) is 0 Å². The van der Waals surface area contributed by atoms with Crippen molar-refractivity contribution in [3.8, 4) is 0 Å². The second-order valence-electron chi connectivity index (χ2n) is 2.42. The van der Waals surface area contributed by atoms with E-state index < -0.39 is 15.4 Å². The van der Waals surface area contributed by atoms with Crippen LogP contribution < -0.4 is 10.0 Å². The summed E-state index contributed by atoms with van der Waals surface area (Å²) in [6.45, 7) is 0. The molecule has 8 heteroatoms. The molecule has 5 nitrogen and oxygen atoms in total. The number of anilines is 1. The maximum absolute atomic E-state index is 10.9. The molecule has 0 aromatic heterocycles. The zero-order valence-corrected chi connectivity index (χ0v) is 8.62. The molecule has 0 bridgehead atoms. The molecule has 1 aromatic rings. The van der Waals surface area contributed by atoms with E-state index in [2.05, 4.69) is 12.2 Å². The molecule has 0 saturated carbocycles. The van der Waals surface area contributed by atoms with Gasteiger partial charge in [0, 0.05) is 0 Å². The molecule has 0 amide bonds. The van der Waals surface area contributed by atoms with Gasteiger partial charge in [0.2, 0.25) is 0 Å². The fourth-order valence-corrected chi connectivity index (χ4v) is 1.94. The molecule has 3 N–H and O–H groups in total. The van der Waals surface area contributed by atoms with Crippen LogP contribution in [0.2, 0.25) is 0 Å². The third-order valence-electron chi connectivity index (χ3n) is 1.42. The van der Waals surface area contributed by atoms with Crippen LogP contribution in [0, 0.1) is 0 Å². The SMILES string of the molecule is NC(=S)N(c1ccccc1)S(=O)(=O)O.[NaH]. The van der Waals surface area contributed by atoms with Crippen LogP contribution in [0.4, 0.5) is 5.69 Å². The average molecular weight is 256 g/mol. The van der Waals surface area contributed by atoms with E-state index in [9.17, 15) is 8.42 Å². The molecule has 0 heterocycles. The molecule has 0 aliphatic heterocycles. The van der Waals surface area contributed by atoms with Crippen molar-refractivity contribution in [2.75, 3.05) is 4.31 Å². The Bertz CT molecular complexity index is 435. The summed E-state index contributed by atoms with van der Waals surface area (Å²) in [4.78, 5) is 0. The molecule has 0 fully saturated rings. The Morgan fingerprint density at radius 1 is 1.33 bits per heavy atom. The van der Waals surface area contributed by atoms with E-state index in [1.807, 2.05) is 0 Å². The summed E-state index contributed by atoms with van der Waals surface area (Å²) in [6.07, 6.45) is 0. The second-order valence-corrected chi connectivity index (χ2v) is 4.10. The molecule has 1 aromatic carbocycles. The number of benzene rings is 1. The van der Waals surface area contributed by atoms with Crippen LogP contribution >= 0.6 is 12.2 Å². The fraction of sp³-hybridized carbons (Fsp3) is 0. The molecule has 0 aliphatic rings. The van der Waals surface area contributed by atoms with Gasteiger partial charge in [-0.2, -0.15) is 12.7 Å². The molecule has 0 aliphatic carbocycles. The van der Waals surface area contributed by atoms with Crippen LogP contribution in [0.3, 0.4) is 0 Å². The fourth-order valence-electron chi connectivity index (χ4n) is 0.938. The van der Waals surface area contributed by atoms with Crippen molar-refractivity contribution < 1.29 is 13.0 Å². The monoisotopic (exact) mass is 256 g/mol. The molecular formula is C7H9N2NaO3S2. The van der Waals surface area contributed by atoms with Gasteiger partial charge < -0.3 is 5.73 Å². The first-order chi connectivity index (χ1) is 6.43. The first kappa shape index (κ1) is 14.8. The standard InChI is InChI=1S/C7H8N2O3S2.Na.H/c8-7(13)9(14(10,11)12)6-4-2-1-3-5-6;;/h1-5H,(H2,8,13)(H,10,11,12);;. The Morgan fingerprint density at radius 2 is 1.80 bits per heavy atom. The minimum absolute atomic E-state index is 0. The van der Waals surface area contributed by atoms with Gasteiger partial charge >= 0.3 is 39.9 Å².